The molecule has 0 atom stereocenters. The van der Waals surface area contributed by atoms with Gasteiger partial charge in [0.25, 0.3) is 5.56 Å². The number of aromatic amines is 1. The number of benzene rings is 2. The summed E-state index contributed by atoms with van der Waals surface area (Å²) in [7, 11) is 0. The Morgan fingerprint density at radius 2 is 1.76 bits per heavy atom. The standard InChI is InChI=1S/C22H18N4O2S/c27-20(25-19-11-10-16(14-23-19)15-6-2-1-3-7-15)12-13-26-21(28)17-8-4-5-9-18(17)24-22(26)29/h1-11,14H,12-13H2,(H,24,29)(H,23,25,27). The van der Waals surface area contributed by atoms with Crippen molar-refractivity contribution in [3.63, 3.8) is 0 Å². The molecule has 0 saturated heterocycles. The summed E-state index contributed by atoms with van der Waals surface area (Å²) in [6.07, 6.45) is 1.83. The topological polar surface area (TPSA) is 79.8 Å². The highest BCUT2D eigenvalue weighted by Gasteiger charge is 2.09. The van der Waals surface area contributed by atoms with Crippen LogP contribution in [0.3, 0.4) is 0 Å². The van der Waals surface area contributed by atoms with Gasteiger partial charge in [0.05, 0.1) is 10.9 Å². The fourth-order valence-electron chi connectivity index (χ4n) is 3.09. The minimum atomic E-state index is -0.237. The smallest absolute Gasteiger partial charge is 0.262 e. The SMILES string of the molecule is O=C(CCn1c(=S)[nH]c2ccccc2c1=O)Nc1ccc(-c2ccccc2)cn1. The number of hydrogen-bond donors (Lipinski definition) is 2. The van der Waals surface area contributed by atoms with E-state index in [2.05, 4.69) is 15.3 Å². The molecular weight excluding hydrogens is 384 g/mol. The quantitative estimate of drug-likeness (QED) is 0.492. The van der Waals surface area contributed by atoms with Crippen LogP contribution in [-0.4, -0.2) is 20.4 Å². The molecule has 6 nitrogen and oxygen atoms in total. The lowest BCUT2D eigenvalue weighted by atomic mass is 10.1. The van der Waals surface area contributed by atoms with E-state index in [9.17, 15) is 9.59 Å². The lowest BCUT2D eigenvalue weighted by Gasteiger charge is -2.09. The van der Waals surface area contributed by atoms with Gasteiger partial charge in [0.15, 0.2) is 4.77 Å². The van der Waals surface area contributed by atoms with Gasteiger partial charge in [0.2, 0.25) is 5.91 Å². The zero-order valence-electron chi connectivity index (χ0n) is 15.5. The number of anilines is 1. The summed E-state index contributed by atoms with van der Waals surface area (Å²) in [6.45, 7) is 0.187. The van der Waals surface area contributed by atoms with E-state index >= 15 is 0 Å². The summed E-state index contributed by atoms with van der Waals surface area (Å²) in [5.74, 6) is 0.227. The Morgan fingerprint density at radius 3 is 2.52 bits per heavy atom. The number of carbonyl (C=O) groups is 1. The molecule has 4 rings (SSSR count). The Balaban J connectivity index is 1.44. The van der Waals surface area contributed by atoms with E-state index in [4.69, 9.17) is 12.2 Å². The van der Waals surface area contributed by atoms with E-state index in [0.717, 1.165) is 11.1 Å². The average molecular weight is 402 g/mol. The summed E-state index contributed by atoms with van der Waals surface area (Å²) in [6, 6.07) is 20.7. The number of H-pyrrole nitrogens is 1. The number of pyridine rings is 1. The maximum absolute atomic E-state index is 12.6. The summed E-state index contributed by atoms with van der Waals surface area (Å²) in [5, 5.41) is 3.30. The first-order valence-electron chi connectivity index (χ1n) is 9.15. The van der Waals surface area contributed by atoms with Gasteiger partial charge in [-0.2, -0.15) is 0 Å². The molecule has 2 aromatic carbocycles. The molecule has 1 amide bonds. The lowest BCUT2D eigenvalue weighted by Crippen LogP contribution is -2.25. The molecule has 2 aromatic heterocycles. The van der Waals surface area contributed by atoms with E-state index in [1.54, 1.807) is 30.5 Å². The molecule has 2 heterocycles. The van der Waals surface area contributed by atoms with Crippen molar-refractivity contribution in [3.05, 3.63) is 88.1 Å². The highest BCUT2D eigenvalue weighted by molar-refractivity contribution is 7.71. The van der Waals surface area contributed by atoms with Gasteiger partial charge in [-0.05, 0) is 42.0 Å². The van der Waals surface area contributed by atoms with Crippen LogP contribution >= 0.6 is 12.2 Å². The van der Waals surface area contributed by atoms with Crippen molar-refractivity contribution < 1.29 is 4.79 Å². The number of hydrogen-bond acceptors (Lipinski definition) is 4. The number of carbonyl (C=O) groups excluding carboxylic acids is 1. The zero-order chi connectivity index (χ0) is 20.2. The van der Waals surface area contributed by atoms with Gasteiger partial charge in [-0.25, -0.2) is 4.98 Å². The van der Waals surface area contributed by atoms with Gasteiger partial charge in [-0.15, -0.1) is 0 Å². The predicted octanol–water partition coefficient (Wildman–Crippen LogP) is 4.15. The monoisotopic (exact) mass is 402 g/mol. The number of fused-ring (bicyclic) bond motifs is 1. The first kappa shape index (κ1) is 18.8. The largest absolute Gasteiger partial charge is 0.332 e. The van der Waals surface area contributed by atoms with Crippen LogP contribution in [0, 0.1) is 4.77 Å². The normalized spacial score (nSPS) is 10.8. The summed E-state index contributed by atoms with van der Waals surface area (Å²) < 4.78 is 1.70. The van der Waals surface area contributed by atoms with Crippen LogP contribution in [0.1, 0.15) is 6.42 Å². The molecule has 0 aliphatic carbocycles. The average Bonchev–Trinajstić information content (AvgIpc) is 2.75. The molecule has 0 aliphatic rings. The summed E-state index contributed by atoms with van der Waals surface area (Å²) >= 11 is 5.27. The van der Waals surface area contributed by atoms with Crippen LogP contribution in [0.2, 0.25) is 0 Å². The fraction of sp³-hybridized carbons (Fsp3) is 0.0909. The molecular formula is C22H18N4O2S. The molecule has 29 heavy (non-hydrogen) atoms. The van der Waals surface area contributed by atoms with Crippen LogP contribution < -0.4 is 10.9 Å². The fourth-order valence-corrected chi connectivity index (χ4v) is 3.37. The van der Waals surface area contributed by atoms with Crippen molar-refractivity contribution in [1.82, 2.24) is 14.5 Å². The van der Waals surface area contributed by atoms with Gasteiger partial charge in [-0.1, -0.05) is 42.5 Å². The van der Waals surface area contributed by atoms with Gasteiger partial charge in [0, 0.05) is 24.7 Å². The van der Waals surface area contributed by atoms with E-state index in [-0.39, 0.29) is 24.4 Å². The van der Waals surface area contributed by atoms with Crippen molar-refractivity contribution in [3.8, 4) is 11.1 Å². The first-order valence-corrected chi connectivity index (χ1v) is 9.56. The second-order valence-corrected chi connectivity index (χ2v) is 6.92. The minimum Gasteiger partial charge on any atom is -0.332 e. The maximum Gasteiger partial charge on any atom is 0.262 e. The van der Waals surface area contributed by atoms with Gasteiger partial charge < -0.3 is 10.3 Å². The third-order valence-electron chi connectivity index (χ3n) is 4.59. The highest BCUT2D eigenvalue weighted by atomic mass is 32.1. The Kier molecular flexibility index (Phi) is 5.31. The molecule has 2 N–H and O–H groups in total. The van der Waals surface area contributed by atoms with Crippen molar-refractivity contribution in [2.24, 2.45) is 0 Å². The Morgan fingerprint density at radius 1 is 1.00 bits per heavy atom. The minimum absolute atomic E-state index is 0.109. The Labute approximate surface area is 171 Å². The zero-order valence-corrected chi connectivity index (χ0v) is 16.3. The number of rotatable bonds is 5. The third kappa shape index (κ3) is 4.14. The molecule has 0 saturated carbocycles. The van der Waals surface area contributed by atoms with E-state index in [0.29, 0.717) is 21.5 Å². The lowest BCUT2D eigenvalue weighted by molar-refractivity contribution is -0.116. The highest BCUT2D eigenvalue weighted by Crippen LogP contribution is 2.19. The summed E-state index contributed by atoms with van der Waals surface area (Å²) in [4.78, 5) is 32.3. The molecule has 0 unspecified atom stereocenters. The molecule has 0 spiro atoms. The second-order valence-electron chi connectivity index (χ2n) is 6.53. The van der Waals surface area contributed by atoms with Crippen LogP contribution in [0.4, 0.5) is 5.82 Å². The van der Waals surface area contributed by atoms with E-state index in [1.807, 2.05) is 42.5 Å². The van der Waals surface area contributed by atoms with Crippen LogP contribution in [0.5, 0.6) is 0 Å². The summed E-state index contributed by atoms with van der Waals surface area (Å²) in [5.41, 5.74) is 2.51. The van der Waals surface area contributed by atoms with Crippen LogP contribution in [-0.2, 0) is 11.3 Å². The van der Waals surface area contributed by atoms with Gasteiger partial charge in [-0.3, -0.25) is 14.2 Å². The van der Waals surface area contributed by atoms with Crippen molar-refractivity contribution >= 4 is 34.8 Å². The van der Waals surface area contributed by atoms with Crippen molar-refractivity contribution in [2.45, 2.75) is 13.0 Å². The Hall–Kier alpha value is -3.58. The number of nitrogens with one attached hydrogen (secondary N) is 2. The number of para-hydroxylation sites is 1. The number of amides is 1. The van der Waals surface area contributed by atoms with E-state index < -0.39 is 0 Å². The second kappa shape index (κ2) is 8.20. The van der Waals surface area contributed by atoms with Crippen molar-refractivity contribution in [1.29, 1.82) is 0 Å². The molecule has 0 bridgehead atoms. The number of aromatic nitrogens is 3. The van der Waals surface area contributed by atoms with Gasteiger partial charge in [0.1, 0.15) is 5.82 Å². The molecule has 0 fully saturated rings. The third-order valence-corrected chi connectivity index (χ3v) is 4.91. The predicted molar refractivity (Wildman–Crippen MR) is 116 cm³/mol. The van der Waals surface area contributed by atoms with Crippen molar-refractivity contribution in [2.75, 3.05) is 5.32 Å². The maximum atomic E-state index is 12.6. The molecule has 144 valence electrons. The molecule has 7 heteroatoms. The molecule has 0 radical (unpaired) electrons. The molecule has 4 aromatic rings. The van der Waals surface area contributed by atoms with E-state index in [1.165, 1.54) is 4.57 Å². The van der Waals surface area contributed by atoms with Crippen LogP contribution in [0.15, 0.2) is 77.7 Å². The van der Waals surface area contributed by atoms with Crippen LogP contribution in [0.25, 0.3) is 22.0 Å². The van der Waals surface area contributed by atoms with Gasteiger partial charge >= 0.3 is 0 Å². The Bertz CT molecular complexity index is 1280. The first-order chi connectivity index (χ1) is 14.1. The number of nitrogens with zero attached hydrogens (tertiary/aromatic N) is 2. The molecule has 0 aliphatic heterocycles.